The van der Waals surface area contributed by atoms with Crippen LogP contribution in [-0.4, -0.2) is 35.3 Å². The molecule has 0 aromatic heterocycles. The fraction of sp³-hybridized carbons (Fsp3) is 0.464. The lowest BCUT2D eigenvalue weighted by atomic mass is 9.83. The number of imide groups is 1. The van der Waals surface area contributed by atoms with Crippen LogP contribution in [0.2, 0.25) is 0 Å². The van der Waals surface area contributed by atoms with Crippen molar-refractivity contribution in [2.45, 2.75) is 65.8 Å². The lowest BCUT2D eigenvalue weighted by Crippen LogP contribution is -2.46. The predicted octanol–water partition coefficient (Wildman–Crippen LogP) is 5.53. The number of benzene rings is 2. The molecular weight excluding hydrogens is 414 g/mol. The third kappa shape index (κ3) is 7.01. The molecule has 1 saturated heterocycles. The van der Waals surface area contributed by atoms with Crippen LogP contribution >= 0.6 is 0 Å². The first kappa shape index (κ1) is 24.7. The fourth-order valence-electron chi connectivity index (χ4n) is 4.27. The van der Waals surface area contributed by atoms with Gasteiger partial charge in [-0.1, -0.05) is 80.9 Å². The van der Waals surface area contributed by atoms with E-state index in [1.807, 2.05) is 58.0 Å². The second-order valence-electron chi connectivity index (χ2n) is 10.3. The SMILES string of the molecule is Cc1ccc(CCC[C@H](C(=O)CC(C)(C)C)C(=O)N2C(=O)OC[C@@H]2Cc2ccccc2)cc1. The van der Waals surface area contributed by atoms with E-state index in [1.165, 1.54) is 16.0 Å². The highest BCUT2D eigenvalue weighted by atomic mass is 16.6. The molecule has 1 aliphatic rings. The number of rotatable bonds is 9. The number of cyclic esters (lactones) is 1. The largest absolute Gasteiger partial charge is 0.447 e. The maximum atomic E-state index is 13.6. The summed E-state index contributed by atoms with van der Waals surface area (Å²) in [5, 5.41) is 0. The molecule has 2 aromatic carbocycles. The molecule has 1 heterocycles. The molecule has 5 heteroatoms. The Morgan fingerprint density at radius 1 is 1.03 bits per heavy atom. The molecule has 176 valence electrons. The van der Waals surface area contributed by atoms with Crippen LogP contribution in [0.5, 0.6) is 0 Å². The molecule has 2 atom stereocenters. The molecule has 0 unspecified atom stereocenters. The molecule has 2 aromatic rings. The van der Waals surface area contributed by atoms with E-state index in [0.29, 0.717) is 25.7 Å². The van der Waals surface area contributed by atoms with Gasteiger partial charge in [0.05, 0.1) is 12.0 Å². The van der Waals surface area contributed by atoms with Gasteiger partial charge in [0.15, 0.2) is 0 Å². The highest BCUT2D eigenvalue weighted by molar-refractivity contribution is 6.06. The third-order valence-corrected chi connectivity index (χ3v) is 5.98. The lowest BCUT2D eigenvalue weighted by Gasteiger charge is -2.26. The van der Waals surface area contributed by atoms with Gasteiger partial charge >= 0.3 is 6.09 Å². The van der Waals surface area contributed by atoms with Gasteiger partial charge in [0.1, 0.15) is 12.4 Å². The Balaban J connectivity index is 1.75. The third-order valence-electron chi connectivity index (χ3n) is 5.98. The fourth-order valence-corrected chi connectivity index (χ4v) is 4.27. The number of hydrogen-bond acceptors (Lipinski definition) is 4. The highest BCUT2D eigenvalue weighted by Crippen LogP contribution is 2.27. The molecule has 0 bridgehead atoms. The van der Waals surface area contributed by atoms with Crippen LogP contribution in [-0.2, 0) is 27.2 Å². The number of hydrogen-bond donors (Lipinski definition) is 0. The zero-order chi connectivity index (χ0) is 24.0. The van der Waals surface area contributed by atoms with Gasteiger partial charge in [-0.3, -0.25) is 9.59 Å². The summed E-state index contributed by atoms with van der Waals surface area (Å²) in [5.74, 6) is -1.36. The van der Waals surface area contributed by atoms with Gasteiger partial charge in [-0.2, -0.15) is 0 Å². The van der Waals surface area contributed by atoms with E-state index in [4.69, 9.17) is 4.74 Å². The number of carbonyl (C=O) groups excluding carboxylic acids is 3. The van der Waals surface area contributed by atoms with Crippen LogP contribution in [0.1, 0.15) is 56.7 Å². The van der Waals surface area contributed by atoms with Crippen molar-refractivity contribution >= 4 is 17.8 Å². The molecule has 2 amide bonds. The van der Waals surface area contributed by atoms with Crippen molar-refractivity contribution in [2.24, 2.45) is 11.3 Å². The quantitative estimate of drug-likeness (QED) is 0.472. The number of Topliss-reactive ketones (excluding diaryl/α,β-unsaturated/α-hetero) is 1. The van der Waals surface area contributed by atoms with Crippen molar-refractivity contribution in [3.8, 4) is 0 Å². The minimum atomic E-state index is -0.835. The van der Waals surface area contributed by atoms with Crippen LogP contribution in [0.3, 0.4) is 0 Å². The molecule has 0 spiro atoms. The van der Waals surface area contributed by atoms with Gasteiger partial charge in [-0.05, 0) is 49.1 Å². The number of aryl methyl sites for hydroxylation is 2. The summed E-state index contributed by atoms with van der Waals surface area (Å²) >= 11 is 0. The van der Waals surface area contributed by atoms with Crippen molar-refractivity contribution in [2.75, 3.05) is 6.61 Å². The first-order valence-corrected chi connectivity index (χ1v) is 11.8. The number of ether oxygens (including phenoxy) is 1. The minimum absolute atomic E-state index is 0.102. The first-order chi connectivity index (χ1) is 15.6. The molecule has 0 N–H and O–H groups in total. The van der Waals surface area contributed by atoms with Gasteiger partial charge in [0.2, 0.25) is 5.91 Å². The zero-order valence-electron chi connectivity index (χ0n) is 20.2. The molecule has 33 heavy (non-hydrogen) atoms. The normalized spacial score (nSPS) is 17.0. The Morgan fingerprint density at radius 3 is 2.33 bits per heavy atom. The van der Waals surface area contributed by atoms with Crippen LogP contribution in [0, 0.1) is 18.3 Å². The molecule has 1 fully saturated rings. The lowest BCUT2D eigenvalue weighted by molar-refractivity contribution is -0.140. The summed E-state index contributed by atoms with van der Waals surface area (Å²) in [7, 11) is 0. The standard InChI is InChI=1S/C28H35NO4/c1-20-13-15-21(16-14-20)11-8-12-24(25(30)18-28(2,3)4)26(31)29-23(19-33-27(29)32)17-22-9-6-5-7-10-22/h5-7,9-10,13-16,23-24H,8,11-12,17-19H2,1-4H3/t23-,24+/m0/s1. The van der Waals surface area contributed by atoms with E-state index in [9.17, 15) is 14.4 Å². The number of carbonyl (C=O) groups is 3. The smallest absolute Gasteiger partial charge is 0.417 e. The van der Waals surface area contributed by atoms with Crippen LogP contribution < -0.4 is 0 Å². The average molecular weight is 450 g/mol. The van der Waals surface area contributed by atoms with Gasteiger partial charge in [-0.25, -0.2) is 9.69 Å². The monoisotopic (exact) mass is 449 g/mol. The van der Waals surface area contributed by atoms with Crippen molar-refractivity contribution in [1.82, 2.24) is 4.90 Å². The molecule has 5 nitrogen and oxygen atoms in total. The van der Waals surface area contributed by atoms with Crippen LogP contribution in [0.15, 0.2) is 54.6 Å². The summed E-state index contributed by atoms with van der Waals surface area (Å²) in [5.41, 5.74) is 3.17. The van der Waals surface area contributed by atoms with E-state index in [0.717, 1.165) is 12.0 Å². The van der Waals surface area contributed by atoms with Gasteiger partial charge in [-0.15, -0.1) is 0 Å². The highest BCUT2D eigenvalue weighted by Gasteiger charge is 2.43. The Hall–Kier alpha value is -2.95. The molecule has 0 radical (unpaired) electrons. The maximum absolute atomic E-state index is 13.6. The first-order valence-electron chi connectivity index (χ1n) is 11.8. The number of nitrogens with zero attached hydrogens (tertiary/aromatic N) is 1. The summed E-state index contributed by atoms with van der Waals surface area (Å²) in [6, 6.07) is 17.6. The molecule has 0 saturated carbocycles. The second kappa shape index (κ2) is 10.8. The van der Waals surface area contributed by atoms with Gasteiger partial charge in [0, 0.05) is 6.42 Å². The summed E-state index contributed by atoms with van der Waals surface area (Å²) < 4.78 is 5.24. The molecule has 3 rings (SSSR count). The van der Waals surface area contributed by atoms with Crippen molar-refractivity contribution in [3.05, 3.63) is 71.3 Å². The second-order valence-corrected chi connectivity index (χ2v) is 10.3. The van der Waals surface area contributed by atoms with Crippen molar-refractivity contribution < 1.29 is 19.1 Å². The Labute approximate surface area is 197 Å². The summed E-state index contributed by atoms with van der Waals surface area (Å²) in [4.78, 5) is 40.5. The number of amides is 2. The van der Waals surface area contributed by atoms with E-state index in [-0.39, 0.29) is 17.8 Å². The van der Waals surface area contributed by atoms with E-state index >= 15 is 0 Å². The van der Waals surface area contributed by atoms with Crippen LogP contribution in [0.4, 0.5) is 4.79 Å². The Kier molecular flexibility index (Phi) is 8.06. The Bertz CT molecular complexity index is 960. The summed E-state index contributed by atoms with van der Waals surface area (Å²) in [6.45, 7) is 8.16. The zero-order valence-corrected chi connectivity index (χ0v) is 20.2. The number of ketones is 1. The average Bonchev–Trinajstić information content (AvgIpc) is 3.11. The maximum Gasteiger partial charge on any atom is 0.417 e. The van der Waals surface area contributed by atoms with Crippen LogP contribution in [0.25, 0.3) is 0 Å². The molecular formula is C28H35NO4. The topological polar surface area (TPSA) is 63.7 Å². The van der Waals surface area contributed by atoms with E-state index in [1.54, 1.807) is 0 Å². The molecule has 1 aliphatic heterocycles. The van der Waals surface area contributed by atoms with Crippen molar-refractivity contribution in [1.29, 1.82) is 0 Å². The minimum Gasteiger partial charge on any atom is -0.447 e. The molecule has 0 aliphatic carbocycles. The predicted molar refractivity (Wildman–Crippen MR) is 129 cm³/mol. The summed E-state index contributed by atoms with van der Waals surface area (Å²) in [6.07, 6.45) is 2.06. The van der Waals surface area contributed by atoms with Gasteiger partial charge < -0.3 is 4.74 Å². The Morgan fingerprint density at radius 2 is 1.70 bits per heavy atom. The van der Waals surface area contributed by atoms with Gasteiger partial charge in [0.25, 0.3) is 0 Å². The van der Waals surface area contributed by atoms with E-state index < -0.39 is 24.0 Å². The van der Waals surface area contributed by atoms with E-state index in [2.05, 4.69) is 24.3 Å². The van der Waals surface area contributed by atoms with Crippen molar-refractivity contribution in [3.63, 3.8) is 0 Å².